The van der Waals surface area contributed by atoms with Crippen molar-refractivity contribution in [3.63, 3.8) is 0 Å². The third-order valence-electron chi connectivity index (χ3n) is 3.27. The lowest BCUT2D eigenvalue weighted by Crippen LogP contribution is -2.42. The number of hydrogen-bond donors (Lipinski definition) is 1. The fourth-order valence-corrected chi connectivity index (χ4v) is 3.02. The first kappa shape index (κ1) is 17.3. The van der Waals surface area contributed by atoms with Crippen molar-refractivity contribution in [3.8, 4) is 0 Å². The molecule has 1 aromatic rings. The summed E-state index contributed by atoms with van der Waals surface area (Å²) >= 11 is 1.92. The topological polar surface area (TPSA) is 45.2 Å². The fraction of sp³-hybridized carbons (Fsp3) is 0.571. The van der Waals surface area contributed by atoms with Crippen LogP contribution in [0.1, 0.15) is 12.1 Å². The molecular weight excluding hydrogens is 294 g/mol. The van der Waals surface area contributed by atoms with Crippen molar-refractivity contribution in [2.75, 3.05) is 31.6 Å². The lowest BCUT2D eigenvalue weighted by atomic mass is 10.2. The van der Waals surface area contributed by atoms with Gasteiger partial charge in [-0.25, -0.2) is 0 Å². The number of hydrogen-bond acceptors (Lipinski definition) is 4. The molecule has 1 aromatic heterocycles. The summed E-state index contributed by atoms with van der Waals surface area (Å²) in [4.78, 5) is 18.2. The van der Waals surface area contributed by atoms with E-state index in [9.17, 15) is 4.79 Å². The van der Waals surface area contributed by atoms with Crippen LogP contribution < -0.4 is 5.32 Å². The number of carbonyl (C=O) groups excluding carboxylic acids is 1. The number of aromatic nitrogens is 1. The average Bonchev–Trinajstić information content (AvgIpc) is 2.47. The van der Waals surface area contributed by atoms with Crippen molar-refractivity contribution in [1.29, 1.82) is 0 Å². The van der Waals surface area contributed by atoms with Crippen molar-refractivity contribution in [2.45, 2.75) is 18.9 Å². The highest BCUT2D eigenvalue weighted by molar-refractivity contribution is 7.99. The van der Waals surface area contributed by atoms with Gasteiger partial charge in [-0.1, -0.05) is 6.07 Å². The number of rotatable bonds is 5. The molecule has 1 N–H and O–H groups in total. The van der Waals surface area contributed by atoms with Gasteiger partial charge in [-0.2, -0.15) is 11.8 Å². The van der Waals surface area contributed by atoms with Crippen LogP contribution in [0.3, 0.4) is 0 Å². The number of amides is 1. The van der Waals surface area contributed by atoms with Gasteiger partial charge in [-0.05, 0) is 12.1 Å². The summed E-state index contributed by atoms with van der Waals surface area (Å²) in [7, 11) is 1.88. The smallest absolute Gasteiger partial charge is 0.223 e. The molecule has 4 nitrogen and oxygen atoms in total. The van der Waals surface area contributed by atoms with Gasteiger partial charge in [0, 0.05) is 62.4 Å². The molecule has 1 atom stereocenters. The molecular formula is C14H22ClN3OS. The Morgan fingerprint density at radius 1 is 1.55 bits per heavy atom. The molecule has 0 radical (unpaired) electrons. The number of likely N-dealkylation sites (N-methyl/N-ethyl adjacent to an activating group) is 1. The average molecular weight is 316 g/mol. The third kappa shape index (κ3) is 5.69. The van der Waals surface area contributed by atoms with Crippen LogP contribution in [-0.2, 0) is 11.2 Å². The molecule has 1 aliphatic rings. The second-order valence-corrected chi connectivity index (χ2v) is 5.97. The first-order valence-electron chi connectivity index (χ1n) is 6.70. The number of thioether (sulfide) groups is 1. The highest BCUT2D eigenvalue weighted by Gasteiger charge is 2.18. The minimum atomic E-state index is 0. The quantitative estimate of drug-likeness (QED) is 0.896. The van der Waals surface area contributed by atoms with Crippen LogP contribution in [0.25, 0.3) is 0 Å². The van der Waals surface area contributed by atoms with Gasteiger partial charge in [-0.15, -0.1) is 12.4 Å². The van der Waals surface area contributed by atoms with Crippen LogP contribution in [0.4, 0.5) is 0 Å². The summed E-state index contributed by atoms with van der Waals surface area (Å²) in [5.74, 6) is 2.41. The second-order valence-electron chi connectivity index (χ2n) is 4.82. The van der Waals surface area contributed by atoms with Gasteiger partial charge in [0.15, 0.2) is 0 Å². The number of pyridine rings is 1. The highest BCUT2D eigenvalue weighted by Crippen LogP contribution is 2.11. The van der Waals surface area contributed by atoms with Gasteiger partial charge >= 0.3 is 0 Å². The molecule has 20 heavy (non-hydrogen) atoms. The van der Waals surface area contributed by atoms with Crippen molar-refractivity contribution in [1.82, 2.24) is 15.2 Å². The van der Waals surface area contributed by atoms with Crippen LogP contribution in [0.15, 0.2) is 24.4 Å². The molecule has 0 aliphatic carbocycles. The summed E-state index contributed by atoms with van der Waals surface area (Å²) in [5.41, 5.74) is 1.04. The van der Waals surface area contributed by atoms with E-state index in [4.69, 9.17) is 0 Å². The van der Waals surface area contributed by atoms with E-state index in [1.165, 1.54) is 0 Å². The summed E-state index contributed by atoms with van der Waals surface area (Å²) in [6, 6.07) is 6.22. The van der Waals surface area contributed by atoms with Crippen LogP contribution in [0.2, 0.25) is 0 Å². The summed E-state index contributed by atoms with van der Waals surface area (Å²) in [6.07, 6.45) is 3.21. The fourth-order valence-electron chi connectivity index (χ4n) is 2.07. The van der Waals surface area contributed by atoms with E-state index in [1.54, 1.807) is 6.20 Å². The molecule has 0 spiro atoms. The number of halogens is 1. The van der Waals surface area contributed by atoms with E-state index in [-0.39, 0.29) is 18.3 Å². The number of carbonyl (C=O) groups is 1. The van der Waals surface area contributed by atoms with Crippen molar-refractivity contribution in [3.05, 3.63) is 30.1 Å². The zero-order valence-corrected chi connectivity index (χ0v) is 13.4. The minimum absolute atomic E-state index is 0. The molecule has 0 bridgehead atoms. The largest absolute Gasteiger partial charge is 0.345 e. The van der Waals surface area contributed by atoms with Crippen molar-refractivity contribution >= 4 is 30.1 Å². The molecule has 1 aliphatic heterocycles. The van der Waals surface area contributed by atoms with Gasteiger partial charge in [0.1, 0.15) is 0 Å². The minimum Gasteiger partial charge on any atom is -0.345 e. The molecule has 1 amide bonds. The summed E-state index contributed by atoms with van der Waals surface area (Å²) in [5, 5.41) is 3.40. The standard InChI is InChI=1S/C14H21N3OS.ClH/c1-17(8-5-12-4-2-3-6-15-12)14(18)10-13-11-19-9-7-16-13;/h2-4,6,13,16H,5,7-11H2,1H3;1H. The maximum atomic E-state index is 12.1. The number of nitrogens with one attached hydrogen (secondary N) is 1. The molecule has 1 fully saturated rings. The normalized spacial score (nSPS) is 18.1. The van der Waals surface area contributed by atoms with Gasteiger partial charge in [0.25, 0.3) is 0 Å². The predicted molar refractivity (Wildman–Crippen MR) is 86.6 cm³/mol. The first-order chi connectivity index (χ1) is 9.25. The zero-order valence-electron chi connectivity index (χ0n) is 11.7. The molecule has 2 heterocycles. The molecule has 1 unspecified atom stereocenters. The summed E-state index contributed by atoms with van der Waals surface area (Å²) in [6.45, 7) is 1.75. The Labute approximate surface area is 131 Å². The van der Waals surface area contributed by atoms with E-state index in [0.29, 0.717) is 12.5 Å². The zero-order chi connectivity index (χ0) is 13.5. The van der Waals surface area contributed by atoms with E-state index in [1.807, 2.05) is 41.9 Å². The third-order valence-corrected chi connectivity index (χ3v) is 4.41. The molecule has 1 saturated heterocycles. The van der Waals surface area contributed by atoms with Gasteiger partial charge in [0.05, 0.1) is 0 Å². The van der Waals surface area contributed by atoms with Crippen molar-refractivity contribution in [2.24, 2.45) is 0 Å². The maximum Gasteiger partial charge on any atom is 0.223 e. The highest BCUT2D eigenvalue weighted by atomic mass is 35.5. The Balaban J connectivity index is 0.00000200. The van der Waals surface area contributed by atoms with Gasteiger partial charge in [0.2, 0.25) is 5.91 Å². The Morgan fingerprint density at radius 3 is 3.05 bits per heavy atom. The van der Waals surface area contributed by atoms with Crippen LogP contribution in [0, 0.1) is 0 Å². The lowest BCUT2D eigenvalue weighted by molar-refractivity contribution is -0.130. The Kier molecular flexibility index (Phi) is 7.95. The maximum absolute atomic E-state index is 12.1. The lowest BCUT2D eigenvalue weighted by Gasteiger charge is -2.25. The predicted octanol–water partition coefficient (Wildman–Crippen LogP) is 1.60. The van der Waals surface area contributed by atoms with Crippen LogP contribution >= 0.6 is 24.2 Å². The van der Waals surface area contributed by atoms with E-state index >= 15 is 0 Å². The van der Waals surface area contributed by atoms with Gasteiger partial charge < -0.3 is 10.2 Å². The van der Waals surface area contributed by atoms with E-state index in [2.05, 4.69) is 10.3 Å². The molecule has 6 heteroatoms. The Morgan fingerprint density at radius 2 is 2.40 bits per heavy atom. The van der Waals surface area contributed by atoms with E-state index < -0.39 is 0 Å². The van der Waals surface area contributed by atoms with Crippen LogP contribution in [0.5, 0.6) is 0 Å². The monoisotopic (exact) mass is 315 g/mol. The molecule has 2 rings (SSSR count). The molecule has 0 aromatic carbocycles. The molecule has 112 valence electrons. The van der Waals surface area contributed by atoms with Gasteiger partial charge in [-0.3, -0.25) is 9.78 Å². The Bertz CT molecular complexity index is 399. The Hall–Kier alpha value is -0.780. The first-order valence-corrected chi connectivity index (χ1v) is 7.86. The van der Waals surface area contributed by atoms with Crippen LogP contribution in [-0.4, -0.2) is 53.5 Å². The van der Waals surface area contributed by atoms with E-state index in [0.717, 1.165) is 36.7 Å². The summed E-state index contributed by atoms with van der Waals surface area (Å²) < 4.78 is 0. The molecule has 0 saturated carbocycles. The SMILES string of the molecule is CN(CCc1ccccn1)C(=O)CC1CSCCN1.Cl. The number of nitrogens with zero attached hydrogens (tertiary/aromatic N) is 2. The van der Waals surface area contributed by atoms with Crippen molar-refractivity contribution < 1.29 is 4.79 Å². The second kappa shape index (κ2) is 9.21.